The summed E-state index contributed by atoms with van der Waals surface area (Å²) in [6.07, 6.45) is 10.0. The van der Waals surface area contributed by atoms with Crippen LogP contribution in [0.1, 0.15) is 25.8 Å². The smallest absolute Gasteiger partial charge is 1.00 e. The van der Waals surface area contributed by atoms with E-state index >= 15 is 0 Å². The van der Waals surface area contributed by atoms with Crippen LogP contribution >= 0.6 is 0 Å². The molecule has 0 amide bonds. The van der Waals surface area contributed by atoms with Crippen molar-refractivity contribution in [3.05, 3.63) is 66.7 Å². The number of nitrogens with zero attached hydrogens (tertiary/aromatic N) is 1. The number of benzene rings is 1. The van der Waals surface area contributed by atoms with E-state index in [1.807, 2.05) is 18.2 Å². The summed E-state index contributed by atoms with van der Waals surface area (Å²) in [6.45, 7) is 8.68. The molecular formula is C16H21Cl3NTi-2. The Morgan fingerprint density at radius 1 is 1.05 bits per heavy atom. The third-order valence-corrected chi connectivity index (χ3v) is 2.53. The van der Waals surface area contributed by atoms with Crippen LogP contribution in [0.4, 0.5) is 0 Å². The molecule has 0 N–H and O–H groups in total. The Bertz CT molecular complexity index is 342. The third kappa shape index (κ3) is 14.8. The molecule has 5 heteroatoms. The molecule has 0 saturated carbocycles. The second kappa shape index (κ2) is 20.1. The first kappa shape index (κ1) is 29.2. The molecule has 117 valence electrons. The average molecular weight is 382 g/mol. The Balaban J connectivity index is -0.000000140. The minimum Gasteiger partial charge on any atom is -1.00 e. The van der Waals surface area contributed by atoms with Gasteiger partial charge in [0, 0.05) is 0 Å². The summed E-state index contributed by atoms with van der Waals surface area (Å²) in [5.74, 6) is 0. The predicted octanol–water partition coefficient (Wildman–Crippen LogP) is -5.15. The zero-order chi connectivity index (χ0) is 12.3. The number of allylic oxidation sites excluding steroid dienone is 4. The van der Waals surface area contributed by atoms with Crippen molar-refractivity contribution in [1.29, 1.82) is 0 Å². The van der Waals surface area contributed by atoms with Gasteiger partial charge in [0.25, 0.3) is 0 Å². The SMILES string of the molecule is CCN([CH-]c1ccccc1)CC.[C-]1=CC=CC1.[Cl-].[Cl-].[Cl-].[Ti+3]. The number of hydrogen-bond acceptors (Lipinski definition) is 1. The number of rotatable bonds is 4. The number of hydrogen-bond donors (Lipinski definition) is 0. The maximum atomic E-state index is 2.99. The molecule has 1 aliphatic carbocycles. The summed E-state index contributed by atoms with van der Waals surface area (Å²) in [5, 5.41) is 0. The first-order valence-corrected chi connectivity index (χ1v) is 6.22. The average Bonchev–Trinajstić information content (AvgIpc) is 2.96. The van der Waals surface area contributed by atoms with E-state index in [0.29, 0.717) is 0 Å². The normalized spacial score (nSPS) is 10.0. The van der Waals surface area contributed by atoms with Crippen LogP contribution < -0.4 is 37.2 Å². The van der Waals surface area contributed by atoms with Gasteiger partial charge in [-0.2, -0.15) is 23.8 Å². The quantitative estimate of drug-likeness (QED) is 0.373. The Morgan fingerprint density at radius 3 is 1.95 bits per heavy atom. The van der Waals surface area contributed by atoms with Crippen molar-refractivity contribution in [1.82, 2.24) is 4.90 Å². The summed E-state index contributed by atoms with van der Waals surface area (Å²) in [4.78, 5) is 2.29. The first-order valence-electron chi connectivity index (χ1n) is 6.22. The van der Waals surface area contributed by atoms with E-state index < -0.39 is 0 Å². The van der Waals surface area contributed by atoms with Crippen molar-refractivity contribution in [3.63, 3.8) is 0 Å². The molecular weight excluding hydrogens is 360 g/mol. The van der Waals surface area contributed by atoms with Gasteiger partial charge in [-0.25, -0.2) is 12.2 Å². The Hall–Kier alpha value is 0.114. The monoisotopic (exact) mass is 380 g/mol. The molecule has 0 fully saturated rings. The van der Waals surface area contributed by atoms with Gasteiger partial charge in [0.2, 0.25) is 0 Å². The molecule has 1 nitrogen and oxygen atoms in total. The van der Waals surface area contributed by atoms with Crippen LogP contribution in [0, 0.1) is 12.6 Å². The van der Waals surface area contributed by atoms with Crippen molar-refractivity contribution >= 4 is 0 Å². The predicted molar refractivity (Wildman–Crippen MR) is 74.3 cm³/mol. The maximum absolute atomic E-state index is 2.99. The molecule has 0 heterocycles. The largest absolute Gasteiger partial charge is 3.00 e. The van der Waals surface area contributed by atoms with Gasteiger partial charge in [0.15, 0.2) is 0 Å². The Kier molecular flexibility index (Phi) is 27.9. The molecule has 1 aromatic carbocycles. The van der Waals surface area contributed by atoms with Crippen LogP contribution in [0.25, 0.3) is 0 Å². The van der Waals surface area contributed by atoms with Crippen LogP contribution in [-0.2, 0) is 21.7 Å². The second-order valence-corrected chi connectivity index (χ2v) is 3.76. The van der Waals surface area contributed by atoms with E-state index in [1.54, 1.807) is 0 Å². The van der Waals surface area contributed by atoms with Crippen LogP contribution in [0.3, 0.4) is 0 Å². The molecule has 1 radical (unpaired) electrons. The third-order valence-electron chi connectivity index (χ3n) is 2.53. The Labute approximate surface area is 163 Å². The summed E-state index contributed by atoms with van der Waals surface area (Å²) in [6, 6.07) is 10.4. The van der Waals surface area contributed by atoms with E-state index in [-0.39, 0.29) is 58.9 Å². The summed E-state index contributed by atoms with van der Waals surface area (Å²) < 4.78 is 0. The summed E-state index contributed by atoms with van der Waals surface area (Å²) in [5.41, 5.74) is 1.28. The van der Waals surface area contributed by atoms with Crippen LogP contribution in [-0.4, -0.2) is 18.0 Å². The molecule has 0 saturated heterocycles. The fourth-order valence-electron chi connectivity index (χ4n) is 1.50. The summed E-state index contributed by atoms with van der Waals surface area (Å²) in [7, 11) is 0. The topological polar surface area (TPSA) is 3.24 Å². The van der Waals surface area contributed by atoms with Crippen molar-refractivity contribution in [3.8, 4) is 0 Å². The minimum absolute atomic E-state index is 0. The van der Waals surface area contributed by atoms with Gasteiger partial charge in [-0.05, 0) is 13.1 Å². The van der Waals surface area contributed by atoms with Gasteiger partial charge in [-0.15, -0.1) is 25.1 Å². The molecule has 0 unspecified atom stereocenters. The molecule has 1 aliphatic rings. The van der Waals surface area contributed by atoms with E-state index in [4.69, 9.17) is 0 Å². The van der Waals surface area contributed by atoms with Crippen LogP contribution in [0.5, 0.6) is 0 Å². The fraction of sp³-hybridized carbons (Fsp3) is 0.312. The zero-order valence-electron chi connectivity index (χ0n) is 12.4. The van der Waals surface area contributed by atoms with Crippen molar-refractivity contribution in [2.45, 2.75) is 20.3 Å². The van der Waals surface area contributed by atoms with Gasteiger partial charge in [-0.1, -0.05) is 19.9 Å². The van der Waals surface area contributed by atoms with Gasteiger partial charge in [0.05, 0.1) is 0 Å². The van der Waals surface area contributed by atoms with Crippen molar-refractivity contribution in [2.75, 3.05) is 13.1 Å². The fourth-order valence-corrected chi connectivity index (χ4v) is 1.50. The number of halogens is 3. The first-order chi connectivity index (χ1) is 8.36. The molecule has 21 heavy (non-hydrogen) atoms. The second-order valence-electron chi connectivity index (χ2n) is 3.76. The molecule has 0 atom stereocenters. The zero-order valence-corrected chi connectivity index (χ0v) is 16.2. The summed E-state index contributed by atoms with van der Waals surface area (Å²) >= 11 is 0. The molecule has 2 rings (SSSR count). The van der Waals surface area contributed by atoms with E-state index in [2.05, 4.69) is 61.7 Å². The van der Waals surface area contributed by atoms with Crippen molar-refractivity contribution in [2.24, 2.45) is 0 Å². The Morgan fingerprint density at radius 2 is 1.62 bits per heavy atom. The van der Waals surface area contributed by atoms with E-state index in [1.165, 1.54) is 5.56 Å². The van der Waals surface area contributed by atoms with Gasteiger partial charge in [-0.3, -0.25) is 6.08 Å². The molecule has 0 spiro atoms. The molecule has 0 aliphatic heterocycles. The standard InChI is InChI=1S/C11H16N.C5H5.3ClH.Ti/c1-3-12(4-2)10-11-8-6-5-7-9-11;1-2-4-5-3-1;;;;/h5-10H,3-4H2,1-2H3;1-3H,4H2;3*1H;/q2*-1;;;;+3/p-3. The van der Waals surface area contributed by atoms with Gasteiger partial charge < -0.3 is 42.1 Å². The van der Waals surface area contributed by atoms with E-state index in [9.17, 15) is 0 Å². The van der Waals surface area contributed by atoms with Crippen LogP contribution in [0.15, 0.2) is 48.6 Å². The molecule has 0 bridgehead atoms. The van der Waals surface area contributed by atoms with Gasteiger partial charge in [0.1, 0.15) is 0 Å². The van der Waals surface area contributed by atoms with Crippen molar-refractivity contribution < 1.29 is 58.9 Å². The minimum atomic E-state index is 0. The molecule has 1 aromatic rings. The maximum Gasteiger partial charge on any atom is 3.00 e. The van der Waals surface area contributed by atoms with E-state index in [0.717, 1.165) is 19.5 Å². The molecule has 0 aromatic heterocycles. The van der Waals surface area contributed by atoms with Crippen LogP contribution in [0.2, 0.25) is 0 Å². The van der Waals surface area contributed by atoms with Gasteiger partial charge >= 0.3 is 21.7 Å².